The van der Waals surface area contributed by atoms with E-state index in [0.29, 0.717) is 11.0 Å². The second-order valence-electron chi connectivity index (χ2n) is 3.88. The fourth-order valence-electron chi connectivity index (χ4n) is 1.56. The van der Waals surface area contributed by atoms with Crippen molar-refractivity contribution in [2.24, 2.45) is 0 Å². The molecule has 0 bridgehead atoms. The molecule has 0 unspecified atom stereocenters. The van der Waals surface area contributed by atoms with Crippen molar-refractivity contribution in [2.75, 3.05) is 5.32 Å². The van der Waals surface area contributed by atoms with E-state index in [0.717, 1.165) is 11.6 Å². The van der Waals surface area contributed by atoms with Crippen molar-refractivity contribution in [1.29, 1.82) is 0 Å². The Bertz CT molecular complexity index is 599. The standard InChI is InChI=1S/C13H9BrClF2NO/c14-9-4-8(16)5-11(17)13(9)18-6-7-1-2-12(19)10(15)3-7/h1-5,18-19H,6H2. The van der Waals surface area contributed by atoms with Crippen molar-refractivity contribution in [3.05, 3.63) is 57.0 Å². The summed E-state index contributed by atoms with van der Waals surface area (Å²) in [5, 5.41) is 12.3. The van der Waals surface area contributed by atoms with Crippen molar-refractivity contribution in [3.8, 4) is 5.75 Å². The maximum absolute atomic E-state index is 13.6. The Balaban J connectivity index is 2.16. The van der Waals surface area contributed by atoms with Crippen molar-refractivity contribution in [1.82, 2.24) is 0 Å². The van der Waals surface area contributed by atoms with Gasteiger partial charge in [-0.25, -0.2) is 8.78 Å². The molecule has 100 valence electrons. The van der Waals surface area contributed by atoms with Gasteiger partial charge in [-0.2, -0.15) is 0 Å². The third-order valence-electron chi connectivity index (χ3n) is 2.49. The van der Waals surface area contributed by atoms with Crippen LogP contribution in [-0.2, 0) is 6.54 Å². The van der Waals surface area contributed by atoms with Gasteiger partial charge in [-0.05, 0) is 39.7 Å². The van der Waals surface area contributed by atoms with E-state index < -0.39 is 11.6 Å². The SMILES string of the molecule is Oc1ccc(CNc2c(F)cc(F)cc2Br)cc1Cl. The Labute approximate surface area is 122 Å². The zero-order chi connectivity index (χ0) is 14.0. The second kappa shape index (κ2) is 5.75. The molecule has 0 aliphatic carbocycles. The highest BCUT2D eigenvalue weighted by molar-refractivity contribution is 9.10. The summed E-state index contributed by atoms with van der Waals surface area (Å²) in [5.41, 5.74) is 0.934. The van der Waals surface area contributed by atoms with E-state index >= 15 is 0 Å². The minimum Gasteiger partial charge on any atom is -0.506 e. The number of nitrogens with one attached hydrogen (secondary N) is 1. The van der Waals surface area contributed by atoms with Crippen LogP contribution in [0.4, 0.5) is 14.5 Å². The third kappa shape index (κ3) is 3.36. The maximum Gasteiger partial charge on any atom is 0.150 e. The Morgan fingerprint density at radius 2 is 1.95 bits per heavy atom. The van der Waals surface area contributed by atoms with Gasteiger partial charge in [-0.1, -0.05) is 17.7 Å². The summed E-state index contributed by atoms with van der Waals surface area (Å²) >= 11 is 8.86. The molecule has 2 aromatic carbocycles. The first-order chi connectivity index (χ1) is 8.97. The fourth-order valence-corrected chi connectivity index (χ4v) is 2.31. The molecule has 0 saturated heterocycles. The summed E-state index contributed by atoms with van der Waals surface area (Å²) in [7, 11) is 0. The monoisotopic (exact) mass is 347 g/mol. The smallest absolute Gasteiger partial charge is 0.150 e. The van der Waals surface area contributed by atoms with Crippen LogP contribution in [-0.4, -0.2) is 5.11 Å². The highest BCUT2D eigenvalue weighted by Crippen LogP contribution is 2.28. The van der Waals surface area contributed by atoms with Gasteiger partial charge in [0.2, 0.25) is 0 Å². The summed E-state index contributed by atoms with van der Waals surface area (Å²) in [6, 6.07) is 6.66. The van der Waals surface area contributed by atoms with Gasteiger partial charge < -0.3 is 10.4 Å². The van der Waals surface area contributed by atoms with Crippen LogP contribution < -0.4 is 5.32 Å². The number of benzene rings is 2. The van der Waals surface area contributed by atoms with Crippen LogP contribution >= 0.6 is 27.5 Å². The van der Waals surface area contributed by atoms with E-state index in [1.807, 2.05) is 0 Å². The minimum atomic E-state index is -0.684. The molecule has 0 fully saturated rings. The van der Waals surface area contributed by atoms with E-state index in [2.05, 4.69) is 21.2 Å². The van der Waals surface area contributed by atoms with Gasteiger partial charge in [0, 0.05) is 17.1 Å². The van der Waals surface area contributed by atoms with E-state index in [-0.39, 0.29) is 16.5 Å². The number of phenolic OH excluding ortho intramolecular Hbond substituents is 1. The normalized spacial score (nSPS) is 10.5. The number of hydrogen-bond acceptors (Lipinski definition) is 2. The Kier molecular flexibility index (Phi) is 4.27. The predicted molar refractivity (Wildman–Crippen MR) is 74.5 cm³/mol. The summed E-state index contributed by atoms with van der Waals surface area (Å²) < 4.78 is 26.8. The second-order valence-corrected chi connectivity index (χ2v) is 5.15. The van der Waals surface area contributed by atoms with Gasteiger partial charge >= 0.3 is 0 Å². The van der Waals surface area contributed by atoms with Crippen LogP contribution in [0.3, 0.4) is 0 Å². The average molecular weight is 349 g/mol. The van der Waals surface area contributed by atoms with Gasteiger partial charge in [0.05, 0.1) is 10.7 Å². The topological polar surface area (TPSA) is 32.3 Å². The van der Waals surface area contributed by atoms with Gasteiger partial charge in [0.15, 0.2) is 0 Å². The molecule has 0 spiro atoms. The number of hydrogen-bond donors (Lipinski definition) is 2. The lowest BCUT2D eigenvalue weighted by molar-refractivity contribution is 0.475. The summed E-state index contributed by atoms with van der Waals surface area (Å²) in [6.07, 6.45) is 0. The lowest BCUT2D eigenvalue weighted by Gasteiger charge is -2.10. The molecule has 2 nitrogen and oxygen atoms in total. The molecular formula is C13H9BrClF2NO. The molecule has 2 N–H and O–H groups in total. The number of rotatable bonds is 3. The van der Waals surface area contributed by atoms with E-state index in [1.54, 1.807) is 12.1 Å². The molecule has 2 aromatic rings. The number of anilines is 1. The van der Waals surface area contributed by atoms with Gasteiger partial charge in [0.25, 0.3) is 0 Å². The van der Waals surface area contributed by atoms with Crippen molar-refractivity contribution in [3.63, 3.8) is 0 Å². The molecular weight excluding hydrogens is 340 g/mol. The molecule has 0 aromatic heterocycles. The average Bonchev–Trinajstić information content (AvgIpc) is 2.32. The Hall–Kier alpha value is -1.33. The molecule has 0 amide bonds. The predicted octanol–water partition coefficient (Wildman–Crippen LogP) is 4.70. The van der Waals surface area contributed by atoms with Crippen LogP contribution in [0.1, 0.15) is 5.56 Å². The summed E-state index contributed by atoms with van der Waals surface area (Å²) in [6.45, 7) is 0.293. The third-order valence-corrected chi connectivity index (χ3v) is 3.42. The molecule has 0 aliphatic heterocycles. The molecule has 0 atom stereocenters. The molecule has 0 radical (unpaired) electrons. The van der Waals surface area contributed by atoms with Crippen molar-refractivity contribution < 1.29 is 13.9 Å². The van der Waals surface area contributed by atoms with Crippen molar-refractivity contribution in [2.45, 2.75) is 6.54 Å². The quantitative estimate of drug-likeness (QED) is 0.843. The van der Waals surface area contributed by atoms with Crippen LogP contribution in [0.15, 0.2) is 34.8 Å². The van der Waals surface area contributed by atoms with Crippen LogP contribution in [0.25, 0.3) is 0 Å². The van der Waals surface area contributed by atoms with E-state index in [9.17, 15) is 13.9 Å². The lowest BCUT2D eigenvalue weighted by Crippen LogP contribution is -2.02. The van der Waals surface area contributed by atoms with Gasteiger partial charge in [-0.3, -0.25) is 0 Å². The van der Waals surface area contributed by atoms with Crippen LogP contribution in [0, 0.1) is 11.6 Å². The minimum absolute atomic E-state index is 0.0143. The molecule has 2 rings (SSSR count). The van der Waals surface area contributed by atoms with E-state index in [1.165, 1.54) is 12.1 Å². The number of phenols is 1. The van der Waals surface area contributed by atoms with Gasteiger partial charge in [0.1, 0.15) is 17.4 Å². The zero-order valence-electron chi connectivity index (χ0n) is 9.55. The molecule has 6 heteroatoms. The molecule has 0 aliphatic rings. The fraction of sp³-hybridized carbons (Fsp3) is 0.0769. The largest absolute Gasteiger partial charge is 0.506 e. The number of halogens is 4. The first kappa shape index (κ1) is 14.1. The zero-order valence-corrected chi connectivity index (χ0v) is 11.9. The van der Waals surface area contributed by atoms with Crippen LogP contribution in [0.5, 0.6) is 5.75 Å². The molecule has 0 heterocycles. The number of aromatic hydroxyl groups is 1. The first-order valence-corrected chi connectivity index (χ1v) is 6.50. The Morgan fingerprint density at radius 1 is 1.21 bits per heavy atom. The highest BCUT2D eigenvalue weighted by atomic mass is 79.9. The van der Waals surface area contributed by atoms with Crippen molar-refractivity contribution >= 4 is 33.2 Å². The Morgan fingerprint density at radius 3 is 2.58 bits per heavy atom. The summed E-state index contributed by atoms with van der Waals surface area (Å²) in [4.78, 5) is 0. The molecule has 19 heavy (non-hydrogen) atoms. The maximum atomic E-state index is 13.6. The van der Waals surface area contributed by atoms with Crippen LogP contribution in [0.2, 0.25) is 5.02 Å². The summed E-state index contributed by atoms with van der Waals surface area (Å²) in [5.74, 6) is -1.35. The molecule has 0 saturated carbocycles. The van der Waals surface area contributed by atoms with E-state index in [4.69, 9.17) is 11.6 Å². The van der Waals surface area contributed by atoms with Gasteiger partial charge in [-0.15, -0.1) is 0 Å². The lowest BCUT2D eigenvalue weighted by atomic mass is 10.2. The highest BCUT2D eigenvalue weighted by Gasteiger charge is 2.09. The first-order valence-electron chi connectivity index (χ1n) is 5.33.